The quantitative estimate of drug-likeness (QED) is 0.858. The van der Waals surface area contributed by atoms with Crippen LogP contribution in [-0.2, 0) is 4.74 Å². The monoisotopic (exact) mass is 237 g/mol. The second-order valence-electron chi connectivity index (χ2n) is 3.46. The number of amides is 1. The predicted molar refractivity (Wildman–Crippen MR) is 58.6 cm³/mol. The third kappa shape index (κ3) is 2.01. The van der Waals surface area contributed by atoms with E-state index in [0.29, 0.717) is 18.8 Å². The lowest BCUT2D eigenvalue weighted by molar-refractivity contribution is 0.0693. The highest BCUT2D eigenvalue weighted by atomic mass is 16.6. The van der Waals surface area contributed by atoms with E-state index in [2.05, 4.69) is 0 Å². The smallest absolute Gasteiger partial charge is 0.414 e. The number of hydrogen-bond acceptors (Lipinski definition) is 4. The largest absolute Gasteiger partial charge is 0.496 e. The van der Waals surface area contributed by atoms with E-state index >= 15 is 0 Å². The number of cyclic esters (lactones) is 1. The first kappa shape index (κ1) is 11.3. The number of carbonyl (C=O) groups is 2. The van der Waals surface area contributed by atoms with Crippen LogP contribution in [0.4, 0.5) is 10.5 Å². The SMILES string of the molecule is COc1cc(N2CCOC2=O)ccc1C(=O)O. The summed E-state index contributed by atoms with van der Waals surface area (Å²) in [5, 5.41) is 8.92. The first-order valence-corrected chi connectivity index (χ1v) is 4.99. The lowest BCUT2D eigenvalue weighted by Crippen LogP contribution is -2.23. The molecule has 1 aromatic carbocycles. The zero-order chi connectivity index (χ0) is 12.4. The maximum atomic E-state index is 11.3. The Morgan fingerprint density at radius 2 is 2.29 bits per heavy atom. The predicted octanol–water partition coefficient (Wildman–Crippen LogP) is 1.35. The van der Waals surface area contributed by atoms with Crippen molar-refractivity contribution in [2.45, 2.75) is 0 Å². The Bertz CT molecular complexity index is 471. The van der Waals surface area contributed by atoms with Crippen LogP contribution >= 0.6 is 0 Å². The Hall–Kier alpha value is -2.24. The number of benzene rings is 1. The van der Waals surface area contributed by atoms with Crippen LogP contribution in [0.1, 0.15) is 10.4 Å². The van der Waals surface area contributed by atoms with Gasteiger partial charge in [-0.3, -0.25) is 4.90 Å². The minimum atomic E-state index is -1.07. The van der Waals surface area contributed by atoms with Gasteiger partial charge in [0.1, 0.15) is 17.9 Å². The van der Waals surface area contributed by atoms with E-state index in [-0.39, 0.29) is 11.3 Å². The molecule has 1 aliphatic rings. The number of nitrogens with zero attached hydrogens (tertiary/aromatic N) is 1. The van der Waals surface area contributed by atoms with E-state index in [0.717, 1.165) is 0 Å². The number of ether oxygens (including phenoxy) is 2. The summed E-state index contributed by atoms with van der Waals surface area (Å²) in [4.78, 5) is 23.7. The van der Waals surface area contributed by atoms with Crippen LogP contribution in [0, 0.1) is 0 Å². The fraction of sp³-hybridized carbons (Fsp3) is 0.273. The van der Waals surface area contributed by atoms with Crippen LogP contribution in [0.25, 0.3) is 0 Å². The molecule has 1 aliphatic heterocycles. The number of anilines is 1. The van der Waals surface area contributed by atoms with Crippen LogP contribution in [0.2, 0.25) is 0 Å². The minimum absolute atomic E-state index is 0.0591. The van der Waals surface area contributed by atoms with Crippen molar-refractivity contribution in [1.29, 1.82) is 0 Å². The molecule has 1 aromatic rings. The van der Waals surface area contributed by atoms with Gasteiger partial charge in [-0.1, -0.05) is 0 Å². The highest BCUT2D eigenvalue weighted by Crippen LogP contribution is 2.27. The lowest BCUT2D eigenvalue weighted by Gasteiger charge is -2.14. The third-order valence-corrected chi connectivity index (χ3v) is 2.49. The van der Waals surface area contributed by atoms with Gasteiger partial charge in [-0.25, -0.2) is 9.59 Å². The van der Waals surface area contributed by atoms with E-state index < -0.39 is 12.1 Å². The second-order valence-corrected chi connectivity index (χ2v) is 3.46. The summed E-state index contributed by atoms with van der Waals surface area (Å²) in [6.45, 7) is 0.788. The fourth-order valence-electron chi connectivity index (χ4n) is 1.65. The Morgan fingerprint density at radius 1 is 1.53 bits per heavy atom. The molecule has 0 saturated carbocycles. The third-order valence-electron chi connectivity index (χ3n) is 2.49. The molecule has 1 heterocycles. The van der Waals surface area contributed by atoms with Gasteiger partial charge in [0.15, 0.2) is 0 Å². The van der Waals surface area contributed by atoms with Gasteiger partial charge in [0, 0.05) is 6.07 Å². The van der Waals surface area contributed by atoms with Gasteiger partial charge in [0.25, 0.3) is 0 Å². The molecule has 1 fully saturated rings. The van der Waals surface area contributed by atoms with Crippen molar-refractivity contribution in [1.82, 2.24) is 0 Å². The maximum absolute atomic E-state index is 11.3. The molecule has 90 valence electrons. The minimum Gasteiger partial charge on any atom is -0.496 e. The van der Waals surface area contributed by atoms with Gasteiger partial charge >= 0.3 is 12.1 Å². The van der Waals surface area contributed by atoms with Crippen molar-refractivity contribution in [2.75, 3.05) is 25.2 Å². The molecule has 1 saturated heterocycles. The summed E-state index contributed by atoms with van der Waals surface area (Å²) >= 11 is 0. The van der Waals surface area contributed by atoms with Crippen LogP contribution < -0.4 is 9.64 Å². The van der Waals surface area contributed by atoms with Gasteiger partial charge in [0.2, 0.25) is 0 Å². The van der Waals surface area contributed by atoms with Crippen molar-refractivity contribution >= 4 is 17.7 Å². The van der Waals surface area contributed by atoms with Gasteiger partial charge in [0.05, 0.1) is 19.3 Å². The summed E-state index contributed by atoms with van der Waals surface area (Å²) < 4.78 is 9.78. The van der Waals surface area contributed by atoms with E-state index in [1.54, 1.807) is 6.07 Å². The van der Waals surface area contributed by atoms with Crippen molar-refractivity contribution in [2.24, 2.45) is 0 Å². The molecule has 17 heavy (non-hydrogen) atoms. The van der Waals surface area contributed by atoms with E-state index in [9.17, 15) is 9.59 Å². The normalized spacial score (nSPS) is 14.6. The molecule has 1 N–H and O–H groups in total. The average Bonchev–Trinajstić information content (AvgIpc) is 2.74. The molecular weight excluding hydrogens is 226 g/mol. The first-order valence-electron chi connectivity index (χ1n) is 4.99. The fourth-order valence-corrected chi connectivity index (χ4v) is 1.65. The Kier molecular flexibility index (Phi) is 2.86. The summed E-state index contributed by atoms with van der Waals surface area (Å²) in [6.07, 6.45) is -0.435. The van der Waals surface area contributed by atoms with Crippen LogP contribution in [0.5, 0.6) is 5.75 Å². The molecule has 1 amide bonds. The Balaban J connectivity index is 2.37. The summed E-state index contributed by atoms with van der Waals surface area (Å²) in [5.41, 5.74) is 0.623. The maximum Gasteiger partial charge on any atom is 0.414 e. The molecule has 0 bridgehead atoms. The molecule has 0 unspecified atom stereocenters. The molecule has 0 aromatic heterocycles. The lowest BCUT2D eigenvalue weighted by atomic mass is 10.1. The van der Waals surface area contributed by atoms with Gasteiger partial charge in [-0.05, 0) is 12.1 Å². The molecule has 0 aliphatic carbocycles. The van der Waals surface area contributed by atoms with Crippen molar-refractivity contribution < 1.29 is 24.2 Å². The number of carbonyl (C=O) groups excluding carboxylic acids is 1. The molecule has 2 rings (SSSR count). The molecule has 6 nitrogen and oxygen atoms in total. The molecule has 0 radical (unpaired) electrons. The highest BCUT2D eigenvalue weighted by molar-refractivity contribution is 5.94. The zero-order valence-corrected chi connectivity index (χ0v) is 9.17. The summed E-state index contributed by atoms with van der Waals surface area (Å²) in [7, 11) is 1.38. The van der Waals surface area contributed by atoms with Crippen molar-refractivity contribution in [3.63, 3.8) is 0 Å². The topological polar surface area (TPSA) is 76.1 Å². The number of methoxy groups -OCH3 is 1. The van der Waals surface area contributed by atoms with Crippen LogP contribution in [0.15, 0.2) is 18.2 Å². The molecular formula is C11H11NO5. The van der Waals surface area contributed by atoms with E-state index in [1.807, 2.05) is 0 Å². The zero-order valence-electron chi connectivity index (χ0n) is 9.17. The van der Waals surface area contributed by atoms with E-state index in [1.165, 1.54) is 24.1 Å². The number of aromatic carboxylic acids is 1. The first-order chi connectivity index (χ1) is 8.13. The van der Waals surface area contributed by atoms with Crippen LogP contribution in [-0.4, -0.2) is 37.4 Å². The van der Waals surface area contributed by atoms with Gasteiger partial charge in [-0.2, -0.15) is 0 Å². The number of carboxylic acids is 1. The number of rotatable bonds is 3. The van der Waals surface area contributed by atoms with Crippen molar-refractivity contribution in [3.8, 4) is 5.75 Å². The number of carboxylic acid groups (broad SMARTS) is 1. The van der Waals surface area contributed by atoms with Crippen molar-refractivity contribution in [3.05, 3.63) is 23.8 Å². The van der Waals surface area contributed by atoms with Gasteiger partial charge in [-0.15, -0.1) is 0 Å². The number of hydrogen-bond donors (Lipinski definition) is 1. The highest BCUT2D eigenvalue weighted by Gasteiger charge is 2.24. The Labute approximate surface area is 97.4 Å². The summed E-state index contributed by atoms with van der Waals surface area (Å²) in [5.74, 6) is -0.855. The van der Waals surface area contributed by atoms with Crippen LogP contribution in [0.3, 0.4) is 0 Å². The molecule has 6 heteroatoms. The Morgan fingerprint density at radius 3 is 2.82 bits per heavy atom. The summed E-state index contributed by atoms with van der Waals surface area (Å²) in [6, 6.07) is 4.47. The van der Waals surface area contributed by atoms with E-state index in [4.69, 9.17) is 14.6 Å². The molecule has 0 spiro atoms. The average molecular weight is 237 g/mol. The second kappa shape index (κ2) is 4.32. The van der Waals surface area contributed by atoms with Gasteiger partial charge < -0.3 is 14.6 Å². The standard InChI is InChI=1S/C11H11NO5/c1-16-9-6-7(2-3-8(9)10(13)14)12-4-5-17-11(12)15/h2-3,6H,4-5H2,1H3,(H,13,14). The molecule has 0 atom stereocenters.